The normalized spacial score (nSPS) is 19.6. The highest BCUT2D eigenvalue weighted by Gasteiger charge is 2.23. The lowest BCUT2D eigenvalue weighted by molar-refractivity contribution is 0.246. The first-order valence-electron chi connectivity index (χ1n) is 8.24. The molecule has 7 heteroatoms. The lowest BCUT2D eigenvalue weighted by atomic mass is 9.92. The Labute approximate surface area is 134 Å². The van der Waals surface area contributed by atoms with E-state index in [0.29, 0.717) is 5.95 Å². The molecule has 3 heterocycles. The second-order valence-corrected chi connectivity index (χ2v) is 6.12. The van der Waals surface area contributed by atoms with Crippen LogP contribution in [-0.4, -0.2) is 25.8 Å². The number of carbonyl (C=O) groups excluding carboxylic acids is 1. The Bertz CT molecular complexity index is 702. The van der Waals surface area contributed by atoms with Gasteiger partial charge < -0.3 is 5.32 Å². The summed E-state index contributed by atoms with van der Waals surface area (Å²) in [6.45, 7) is 0.881. The van der Waals surface area contributed by atoms with Crippen molar-refractivity contribution in [3.8, 4) is 0 Å². The Balaban J connectivity index is 1.44. The highest BCUT2D eigenvalue weighted by Crippen LogP contribution is 2.27. The average Bonchev–Trinajstić information content (AvgIpc) is 2.97. The molecule has 0 radical (unpaired) electrons. The number of nitrogens with zero attached hydrogens (tertiary/aromatic N) is 4. The first-order chi connectivity index (χ1) is 11.3. The average molecular weight is 312 g/mol. The third-order valence-electron chi connectivity index (χ3n) is 4.49. The van der Waals surface area contributed by atoms with Crippen LogP contribution in [0, 0.1) is 0 Å². The molecular formula is C16H20N6O. The summed E-state index contributed by atoms with van der Waals surface area (Å²) in [4.78, 5) is 21.1. The summed E-state index contributed by atoms with van der Waals surface area (Å²) >= 11 is 0. The van der Waals surface area contributed by atoms with Gasteiger partial charge in [-0.2, -0.15) is 4.98 Å². The first-order valence-corrected chi connectivity index (χ1v) is 8.24. The van der Waals surface area contributed by atoms with Crippen LogP contribution in [0.1, 0.15) is 48.8 Å². The fourth-order valence-corrected chi connectivity index (χ4v) is 3.38. The number of carbonyl (C=O) groups is 1. The molecule has 0 saturated carbocycles. The number of hydrogen-bond donors (Lipinski definition) is 2. The van der Waals surface area contributed by atoms with Gasteiger partial charge in [-0.3, -0.25) is 10.3 Å². The summed E-state index contributed by atoms with van der Waals surface area (Å²) < 4.78 is 1.89. The van der Waals surface area contributed by atoms with E-state index >= 15 is 0 Å². The SMILES string of the molecule is O=C(Nc1nc2n(n1)CCCC2)N[C@@H]1CCCc2cccnc21. The summed E-state index contributed by atoms with van der Waals surface area (Å²) in [6.07, 6.45) is 7.95. The summed E-state index contributed by atoms with van der Waals surface area (Å²) in [7, 11) is 0. The minimum Gasteiger partial charge on any atom is -0.329 e. The largest absolute Gasteiger partial charge is 0.329 e. The molecule has 7 nitrogen and oxygen atoms in total. The third kappa shape index (κ3) is 2.91. The smallest absolute Gasteiger partial charge is 0.322 e. The van der Waals surface area contributed by atoms with Crippen LogP contribution in [0.4, 0.5) is 10.7 Å². The zero-order valence-electron chi connectivity index (χ0n) is 13.0. The van der Waals surface area contributed by atoms with Crippen LogP contribution in [0.2, 0.25) is 0 Å². The number of fused-ring (bicyclic) bond motifs is 2. The van der Waals surface area contributed by atoms with Crippen LogP contribution in [0.15, 0.2) is 18.3 Å². The van der Waals surface area contributed by atoms with Crippen molar-refractivity contribution in [3.05, 3.63) is 35.4 Å². The number of aromatic nitrogens is 4. The van der Waals surface area contributed by atoms with Crippen LogP contribution in [-0.2, 0) is 19.4 Å². The number of anilines is 1. The standard InChI is InChI=1S/C16H20N6O/c23-16(20-15-19-13-8-1-2-10-22(13)21-15)18-12-7-3-5-11-6-4-9-17-14(11)12/h4,6,9,12H,1-3,5,7-8,10H2,(H2,18,20,21,23)/t12-/m1/s1. The molecule has 2 aliphatic rings. The van der Waals surface area contributed by atoms with Crippen LogP contribution in [0.25, 0.3) is 0 Å². The highest BCUT2D eigenvalue weighted by molar-refractivity contribution is 5.87. The predicted octanol–water partition coefficient (Wildman–Crippen LogP) is 2.21. The van der Waals surface area contributed by atoms with Crippen molar-refractivity contribution in [3.63, 3.8) is 0 Å². The van der Waals surface area contributed by atoms with E-state index in [2.05, 4.69) is 31.8 Å². The Morgan fingerprint density at radius 3 is 3.13 bits per heavy atom. The Kier molecular flexibility index (Phi) is 3.69. The molecule has 2 N–H and O–H groups in total. The van der Waals surface area contributed by atoms with E-state index < -0.39 is 0 Å². The second kappa shape index (κ2) is 5.98. The monoisotopic (exact) mass is 312 g/mol. The number of amides is 2. The van der Waals surface area contributed by atoms with Gasteiger partial charge in [-0.1, -0.05) is 6.07 Å². The molecule has 2 aromatic heterocycles. The van der Waals surface area contributed by atoms with E-state index in [-0.39, 0.29) is 12.1 Å². The Morgan fingerprint density at radius 2 is 2.22 bits per heavy atom. The lowest BCUT2D eigenvalue weighted by Gasteiger charge is -2.24. The Hall–Kier alpha value is -2.44. The maximum absolute atomic E-state index is 12.3. The fraction of sp³-hybridized carbons (Fsp3) is 0.500. The molecule has 0 spiro atoms. The van der Waals surface area contributed by atoms with Gasteiger partial charge in [0.25, 0.3) is 0 Å². The molecule has 0 aromatic carbocycles. The molecular weight excluding hydrogens is 292 g/mol. The van der Waals surface area contributed by atoms with E-state index in [1.54, 1.807) is 6.20 Å². The van der Waals surface area contributed by atoms with Crippen molar-refractivity contribution in [1.82, 2.24) is 25.1 Å². The molecule has 1 aliphatic heterocycles. The van der Waals surface area contributed by atoms with E-state index in [9.17, 15) is 4.79 Å². The molecule has 120 valence electrons. The first kappa shape index (κ1) is 14.2. The van der Waals surface area contributed by atoms with Gasteiger partial charge in [0.1, 0.15) is 5.82 Å². The van der Waals surface area contributed by atoms with Crippen molar-refractivity contribution in [2.75, 3.05) is 5.32 Å². The van der Waals surface area contributed by atoms with Gasteiger partial charge in [0.2, 0.25) is 5.95 Å². The molecule has 0 unspecified atom stereocenters. The van der Waals surface area contributed by atoms with Crippen LogP contribution >= 0.6 is 0 Å². The molecule has 23 heavy (non-hydrogen) atoms. The molecule has 0 fully saturated rings. The van der Waals surface area contributed by atoms with Gasteiger partial charge in [0, 0.05) is 19.2 Å². The van der Waals surface area contributed by atoms with Crippen molar-refractivity contribution < 1.29 is 4.79 Å². The number of urea groups is 1. The summed E-state index contributed by atoms with van der Waals surface area (Å²) in [5.41, 5.74) is 2.20. The Morgan fingerprint density at radius 1 is 1.26 bits per heavy atom. The van der Waals surface area contributed by atoms with Crippen LogP contribution in [0.5, 0.6) is 0 Å². The van der Waals surface area contributed by atoms with Crippen molar-refractivity contribution in [2.24, 2.45) is 0 Å². The molecule has 0 saturated heterocycles. The third-order valence-corrected chi connectivity index (χ3v) is 4.49. The zero-order chi connectivity index (χ0) is 15.6. The van der Waals surface area contributed by atoms with Crippen molar-refractivity contribution in [1.29, 1.82) is 0 Å². The zero-order valence-corrected chi connectivity index (χ0v) is 13.0. The number of pyridine rings is 1. The number of rotatable bonds is 2. The van der Waals surface area contributed by atoms with Crippen LogP contribution in [0.3, 0.4) is 0 Å². The van der Waals surface area contributed by atoms with E-state index in [1.165, 1.54) is 5.56 Å². The predicted molar refractivity (Wildman–Crippen MR) is 85.0 cm³/mol. The quantitative estimate of drug-likeness (QED) is 0.890. The van der Waals surface area contributed by atoms with Gasteiger partial charge in [0.05, 0.1) is 11.7 Å². The molecule has 4 rings (SSSR count). The van der Waals surface area contributed by atoms with Gasteiger partial charge in [-0.15, -0.1) is 5.10 Å². The molecule has 2 amide bonds. The van der Waals surface area contributed by atoms with Crippen LogP contribution < -0.4 is 10.6 Å². The van der Waals surface area contributed by atoms with Crippen molar-refractivity contribution in [2.45, 2.75) is 51.1 Å². The maximum atomic E-state index is 12.3. The van der Waals surface area contributed by atoms with E-state index in [4.69, 9.17) is 0 Å². The number of hydrogen-bond acceptors (Lipinski definition) is 4. The summed E-state index contributed by atoms with van der Waals surface area (Å²) in [5.74, 6) is 1.34. The van der Waals surface area contributed by atoms with Crippen molar-refractivity contribution >= 4 is 12.0 Å². The second-order valence-electron chi connectivity index (χ2n) is 6.12. The summed E-state index contributed by atoms with van der Waals surface area (Å²) in [5, 5.41) is 10.1. The number of nitrogens with one attached hydrogen (secondary N) is 2. The van der Waals surface area contributed by atoms with E-state index in [1.807, 2.05) is 10.7 Å². The molecule has 1 aliphatic carbocycles. The fourth-order valence-electron chi connectivity index (χ4n) is 3.38. The van der Waals surface area contributed by atoms with Gasteiger partial charge >= 0.3 is 6.03 Å². The topological polar surface area (TPSA) is 84.7 Å². The maximum Gasteiger partial charge on any atom is 0.322 e. The van der Waals surface area contributed by atoms with Gasteiger partial charge in [0.15, 0.2) is 0 Å². The lowest BCUT2D eigenvalue weighted by Crippen LogP contribution is -2.35. The number of aryl methyl sites for hydroxylation is 3. The van der Waals surface area contributed by atoms with Gasteiger partial charge in [-0.05, 0) is 43.7 Å². The van der Waals surface area contributed by atoms with Gasteiger partial charge in [-0.25, -0.2) is 9.48 Å². The molecule has 1 atom stereocenters. The molecule has 0 bridgehead atoms. The molecule has 2 aromatic rings. The van der Waals surface area contributed by atoms with E-state index in [0.717, 1.165) is 56.6 Å². The highest BCUT2D eigenvalue weighted by atomic mass is 16.2. The summed E-state index contributed by atoms with van der Waals surface area (Å²) in [6, 6.07) is 3.72. The minimum absolute atomic E-state index is 0.0443. The minimum atomic E-state index is -0.267.